The van der Waals surface area contributed by atoms with Crippen molar-refractivity contribution in [2.24, 2.45) is 0 Å². The van der Waals surface area contributed by atoms with Gasteiger partial charge in [0, 0.05) is 12.8 Å². The molecule has 1 aliphatic rings. The van der Waals surface area contributed by atoms with E-state index in [-0.39, 0.29) is 22.2 Å². The second kappa shape index (κ2) is 2.69. The van der Waals surface area contributed by atoms with E-state index >= 15 is 0 Å². The third-order valence-electron chi connectivity index (χ3n) is 2.72. The van der Waals surface area contributed by atoms with E-state index in [9.17, 15) is 10.3 Å². The average Bonchev–Trinajstić information content (AvgIpc) is 1.80. The molecule has 72 valence electrons. The highest BCUT2D eigenvalue weighted by Crippen LogP contribution is 2.23. The molecule has 0 amide bonds. The lowest BCUT2D eigenvalue weighted by molar-refractivity contribution is -0.956. The fraction of sp³-hybridized carbons (Fsp3) is 1.00. The molecule has 0 spiro atoms. The van der Waals surface area contributed by atoms with Crippen molar-refractivity contribution in [1.82, 2.24) is 0 Å². The quantitative estimate of drug-likeness (QED) is 0.510. The third-order valence-corrected chi connectivity index (χ3v) is 2.72. The van der Waals surface area contributed by atoms with E-state index in [0.717, 1.165) is 0 Å². The summed E-state index contributed by atoms with van der Waals surface area (Å²) in [4.78, 5) is 0. The lowest BCUT2D eigenvalue weighted by Gasteiger charge is -2.53. The first-order chi connectivity index (χ1) is 5.26. The maximum Gasteiger partial charge on any atom is 0.0946 e. The van der Waals surface area contributed by atoms with E-state index in [4.69, 9.17) is 0 Å². The number of hydrogen-bond donors (Lipinski definition) is 2. The van der Waals surface area contributed by atoms with Crippen LogP contribution in [0, 0.1) is 5.21 Å². The van der Waals surface area contributed by atoms with Gasteiger partial charge in [-0.1, -0.05) is 0 Å². The van der Waals surface area contributed by atoms with Gasteiger partial charge in [0.05, 0.1) is 17.2 Å². The summed E-state index contributed by atoms with van der Waals surface area (Å²) in [6, 6.07) is 0. The molecule has 12 heavy (non-hydrogen) atoms. The van der Waals surface area contributed by atoms with Gasteiger partial charge in [0.25, 0.3) is 0 Å². The molecule has 0 unspecified atom stereocenters. The molecule has 0 bridgehead atoms. The Kier molecular flexibility index (Phi) is 2.23. The van der Waals surface area contributed by atoms with Gasteiger partial charge < -0.3 is 15.4 Å². The highest BCUT2D eigenvalue weighted by atomic mass is 16.5. The third kappa shape index (κ3) is 1.63. The van der Waals surface area contributed by atoms with E-state index in [1.54, 1.807) is 0 Å². The molecule has 3 heteroatoms. The Morgan fingerprint density at radius 1 is 1.17 bits per heavy atom. The van der Waals surface area contributed by atoms with Gasteiger partial charge in [-0.2, -0.15) is 0 Å². The topological polar surface area (TPSA) is 47.7 Å². The molecule has 1 rings (SSSR count). The number of hydroxylamine groups is 2. The van der Waals surface area contributed by atoms with Crippen molar-refractivity contribution in [2.75, 3.05) is 0 Å². The van der Waals surface area contributed by atoms with Gasteiger partial charge in [0.1, 0.15) is 0 Å². The van der Waals surface area contributed by atoms with Gasteiger partial charge >= 0.3 is 0 Å². The van der Waals surface area contributed by atoms with Crippen molar-refractivity contribution in [3.8, 4) is 0 Å². The summed E-state index contributed by atoms with van der Waals surface area (Å²) in [7, 11) is 0. The molecular formula is C9H19NO2. The van der Waals surface area contributed by atoms with Gasteiger partial charge in [-0.3, -0.25) is 0 Å². The van der Waals surface area contributed by atoms with Crippen molar-refractivity contribution in [3.63, 3.8) is 0 Å². The Labute approximate surface area is 74.0 Å². The van der Waals surface area contributed by atoms with Crippen LogP contribution in [0.1, 0.15) is 40.5 Å². The van der Waals surface area contributed by atoms with Gasteiger partial charge in [-0.25, -0.2) is 0 Å². The first-order valence-corrected chi connectivity index (χ1v) is 4.49. The van der Waals surface area contributed by atoms with E-state index in [0.29, 0.717) is 12.8 Å². The predicted molar refractivity (Wildman–Crippen MR) is 47.7 cm³/mol. The van der Waals surface area contributed by atoms with Crippen molar-refractivity contribution < 1.29 is 10.2 Å². The van der Waals surface area contributed by atoms with E-state index in [1.807, 2.05) is 27.7 Å². The van der Waals surface area contributed by atoms with Gasteiger partial charge in [0.2, 0.25) is 0 Å². The summed E-state index contributed by atoms with van der Waals surface area (Å²) in [5, 5.41) is 21.6. The Hall–Kier alpha value is -0.120. The van der Waals surface area contributed by atoms with Crippen LogP contribution in [0.15, 0.2) is 0 Å². The Bertz CT molecular complexity index is 159. The van der Waals surface area contributed by atoms with Crippen molar-refractivity contribution >= 4 is 0 Å². The predicted octanol–water partition coefficient (Wildman–Crippen LogP) is 0.0810. The molecule has 0 atom stereocenters. The minimum absolute atomic E-state index is 0.278. The van der Waals surface area contributed by atoms with Crippen LogP contribution in [0.3, 0.4) is 0 Å². The number of quaternary nitrogens is 1. The number of piperidine rings is 1. The zero-order chi connectivity index (χ0) is 9.57. The summed E-state index contributed by atoms with van der Waals surface area (Å²) >= 11 is 0. The molecule has 1 aliphatic heterocycles. The Balaban J connectivity index is 2.84. The monoisotopic (exact) mass is 173 g/mol. The summed E-state index contributed by atoms with van der Waals surface area (Å²) in [5.74, 6) is 0. The molecule has 0 aliphatic carbocycles. The van der Waals surface area contributed by atoms with Gasteiger partial charge in [-0.15, -0.1) is 0 Å². The van der Waals surface area contributed by atoms with Crippen molar-refractivity contribution in [1.29, 1.82) is 0 Å². The SMILES string of the molecule is CC1(C)CC(O)CC(C)(C)[NH+]1[O-]. The Morgan fingerprint density at radius 3 is 1.83 bits per heavy atom. The smallest absolute Gasteiger partial charge is 0.0946 e. The fourth-order valence-electron chi connectivity index (χ4n) is 2.35. The van der Waals surface area contributed by atoms with Crippen LogP contribution in [0.5, 0.6) is 0 Å². The zero-order valence-corrected chi connectivity index (χ0v) is 8.35. The molecular weight excluding hydrogens is 154 g/mol. The summed E-state index contributed by atoms with van der Waals surface area (Å²) in [5.41, 5.74) is -0.692. The van der Waals surface area contributed by atoms with Crippen LogP contribution in [0.4, 0.5) is 0 Å². The molecule has 3 nitrogen and oxygen atoms in total. The fourth-order valence-corrected chi connectivity index (χ4v) is 2.35. The minimum atomic E-state index is -0.346. The lowest BCUT2D eigenvalue weighted by Crippen LogP contribution is -3.23. The molecule has 0 aromatic rings. The van der Waals surface area contributed by atoms with Crippen LogP contribution in [-0.2, 0) is 0 Å². The van der Waals surface area contributed by atoms with E-state index < -0.39 is 0 Å². The zero-order valence-electron chi connectivity index (χ0n) is 8.35. The molecule has 0 saturated carbocycles. The first kappa shape index (κ1) is 9.96. The maximum atomic E-state index is 11.8. The molecule has 1 saturated heterocycles. The van der Waals surface area contributed by atoms with Crippen LogP contribution >= 0.6 is 0 Å². The number of aliphatic hydroxyl groups is 1. The molecule has 0 aromatic heterocycles. The number of hydrogen-bond acceptors (Lipinski definition) is 2. The van der Waals surface area contributed by atoms with Crippen molar-refractivity contribution in [2.45, 2.75) is 57.7 Å². The second-order valence-electron chi connectivity index (χ2n) is 5.16. The van der Waals surface area contributed by atoms with Crippen LogP contribution < -0.4 is 5.06 Å². The summed E-state index contributed by atoms with van der Waals surface area (Å²) < 4.78 is 0. The maximum absolute atomic E-state index is 11.8. The van der Waals surface area contributed by atoms with Gasteiger partial charge in [0.15, 0.2) is 0 Å². The van der Waals surface area contributed by atoms with Crippen molar-refractivity contribution in [3.05, 3.63) is 5.21 Å². The number of aliphatic hydroxyl groups excluding tert-OH is 1. The molecule has 0 aromatic carbocycles. The molecule has 0 radical (unpaired) electrons. The first-order valence-electron chi connectivity index (χ1n) is 4.49. The highest BCUT2D eigenvalue weighted by Gasteiger charge is 2.44. The van der Waals surface area contributed by atoms with Crippen LogP contribution in [0.2, 0.25) is 0 Å². The van der Waals surface area contributed by atoms with Crippen LogP contribution in [-0.4, -0.2) is 22.3 Å². The summed E-state index contributed by atoms with van der Waals surface area (Å²) in [6.45, 7) is 7.66. The Morgan fingerprint density at radius 2 is 1.50 bits per heavy atom. The standard InChI is InChI=1S/C9H19NO2/c1-8(2)5-7(11)6-9(3,4)10(8)12/h7,10-11H,5-6H2,1-4H3. The lowest BCUT2D eigenvalue weighted by atomic mass is 9.80. The van der Waals surface area contributed by atoms with Crippen LogP contribution in [0.25, 0.3) is 0 Å². The molecule has 1 heterocycles. The molecule has 2 N–H and O–H groups in total. The minimum Gasteiger partial charge on any atom is -0.634 e. The normalized spacial score (nSPS) is 39.5. The summed E-state index contributed by atoms with van der Waals surface area (Å²) in [6.07, 6.45) is 0.901. The highest BCUT2D eigenvalue weighted by molar-refractivity contribution is 4.85. The number of rotatable bonds is 0. The number of nitrogens with one attached hydrogen (secondary N) is 1. The molecule has 1 fully saturated rings. The second-order valence-corrected chi connectivity index (χ2v) is 5.16. The largest absolute Gasteiger partial charge is 0.634 e. The van der Waals surface area contributed by atoms with E-state index in [1.165, 1.54) is 0 Å². The van der Waals surface area contributed by atoms with E-state index in [2.05, 4.69) is 0 Å². The average molecular weight is 173 g/mol. The van der Waals surface area contributed by atoms with Gasteiger partial charge in [-0.05, 0) is 27.7 Å².